The number of pyridine rings is 1. The Labute approximate surface area is 118 Å². The molecule has 2 N–H and O–H groups in total. The van der Waals surface area contributed by atoms with Crippen molar-refractivity contribution in [2.75, 3.05) is 0 Å². The van der Waals surface area contributed by atoms with Gasteiger partial charge in [-0.05, 0) is 38.5 Å². The van der Waals surface area contributed by atoms with E-state index >= 15 is 0 Å². The largest absolute Gasteiger partial charge is 0.455 e. The molecule has 2 rings (SSSR count). The van der Waals surface area contributed by atoms with Gasteiger partial charge in [0, 0.05) is 29.6 Å². The number of ether oxygens (including phenoxy) is 1. The van der Waals surface area contributed by atoms with Crippen LogP contribution in [0.3, 0.4) is 0 Å². The molecule has 0 amide bonds. The van der Waals surface area contributed by atoms with Crippen molar-refractivity contribution in [3.63, 3.8) is 0 Å². The average Bonchev–Trinajstić information content (AvgIpc) is 2.33. The van der Waals surface area contributed by atoms with E-state index in [0.29, 0.717) is 17.3 Å². The standard InChI is InChI=1S/C15H17ClN2O/c1-9-4-5-13(16)15(6-9)19-14-7-10(2)18-11(3)12(14)8-17/h4-7H,8,17H2,1-3H3. The first-order valence-electron chi connectivity index (χ1n) is 6.12. The summed E-state index contributed by atoms with van der Waals surface area (Å²) < 4.78 is 5.92. The minimum absolute atomic E-state index is 0.387. The van der Waals surface area contributed by atoms with E-state index in [4.69, 9.17) is 22.1 Å². The lowest BCUT2D eigenvalue weighted by Gasteiger charge is -2.14. The van der Waals surface area contributed by atoms with E-state index < -0.39 is 0 Å². The SMILES string of the molecule is Cc1ccc(Cl)c(Oc2cc(C)nc(C)c2CN)c1. The zero-order valence-electron chi connectivity index (χ0n) is 11.3. The summed E-state index contributed by atoms with van der Waals surface area (Å²) in [5.41, 5.74) is 9.56. The van der Waals surface area contributed by atoms with Crippen LogP contribution in [0.4, 0.5) is 0 Å². The quantitative estimate of drug-likeness (QED) is 0.924. The van der Waals surface area contributed by atoms with Gasteiger partial charge in [-0.15, -0.1) is 0 Å². The van der Waals surface area contributed by atoms with Crippen LogP contribution in [0.25, 0.3) is 0 Å². The van der Waals surface area contributed by atoms with Crippen LogP contribution in [0.15, 0.2) is 24.3 Å². The maximum Gasteiger partial charge on any atom is 0.146 e. The van der Waals surface area contributed by atoms with Crippen molar-refractivity contribution in [3.8, 4) is 11.5 Å². The van der Waals surface area contributed by atoms with Crippen molar-refractivity contribution >= 4 is 11.6 Å². The Morgan fingerprint density at radius 3 is 2.58 bits per heavy atom. The molecule has 0 bridgehead atoms. The molecule has 0 fully saturated rings. The summed E-state index contributed by atoms with van der Waals surface area (Å²) in [7, 11) is 0. The number of nitrogens with two attached hydrogens (primary N) is 1. The molecule has 1 heterocycles. The smallest absolute Gasteiger partial charge is 0.146 e. The van der Waals surface area contributed by atoms with Crippen LogP contribution in [0.5, 0.6) is 11.5 Å². The second-order valence-corrected chi connectivity index (χ2v) is 4.97. The molecule has 19 heavy (non-hydrogen) atoms. The lowest BCUT2D eigenvalue weighted by atomic mass is 10.1. The zero-order valence-corrected chi connectivity index (χ0v) is 12.1. The number of hydrogen-bond donors (Lipinski definition) is 1. The molecule has 4 heteroatoms. The van der Waals surface area contributed by atoms with E-state index in [1.807, 2.05) is 45.0 Å². The summed E-state index contributed by atoms with van der Waals surface area (Å²) in [6.07, 6.45) is 0. The second-order valence-electron chi connectivity index (χ2n) is 4.57. The Balaban J connectivity index is 2.45. The third kappa shape index (κ3) is 3.06. The first kappa shape index (κ1) is 13.8. The molecule has 0 spiro atoms. The van der Waals surface area contributed by atoms with Gasteiger partial charge in [-0.2, -0.15) is 0 Å². The number of rotatable bonds is 3. The van der Waals surface area contributed by atoms with Crippen molar-refractivity contribution in [1.29, 1.82) is 0 Å². The molecule has 0 saturated heterocycles. The number of nitrogens with zero attached hydrogens (tertiary/aromatic N) is 1. The Morgan fingerprint density at radius 2 is 1.89 bits per heavy atom. The normalized spacial score (nSPS) is 10.6. The maximum atomic E-state index is 6.15. The summed E-state index contributed by atoms with van der Waals surface area (Å²) in [6.45, 7) is 6.24. The molecule has 0 aliphatic rings. The highest BCUT2D eigenvalue weighted by atomic mass is 35.5. The third-order valence-electron chi connectivity index (χ3n) is 2.93. The fourth-order valence-corrected chi connectivity index (χ4v) is 2.12. The van der Waals surface area contributed by atoms with Gasteiger partial charge in [0.1, 0.15) is 11.5 Å². The molecule has 0 aliphatic carbocycles. The molecule has 1 aromatic carbocycles. The molecule has 0 atom stereocenters. The van der Waals surface area contributed by atoms with Gasteiger partial charge in [0.15, 0.2) is 0 Å². The Bertz CT molecular complexity index is 611. The number of halogens is 1. The minimum Gasteiger partial charge on any atom is -0.455 e. The van der Waals surface area contributed by atoms with Gasteiger partial charge in [0.05, 0.1) is 5.02 Å². The summed E-state index contributed by atoms with van der Waals surface area (Å²) >= 11 is 6.15. The lowest BCUT2D eigenvalue weighted by molar-refractivity contribution is 0.474. The Kier molecular flexibility index (Phi) is 4.08. The number of benzene rings is 1. The average molecular weight is 277 g/mol. The van der Waals surface area contributed by atoms with E-state index in [2.05, 4.69) is 4.98 Å². The van der Waals surface area contributed by atoms with Crippen molar-refractivity contribution in [2.45, 2.75) is 27.3 Å². The van der Waals surface area contributed by atoms with Crippen LogP contribution >= 0.6 is 11.6 Å². The van der Waals surface area contributed by atoms with Crippen LogP contribution in [0.1, 0.15) is 22.5 Å². The predicted molar refractivity (Wildman–Crippen MR) is 77.9 cm³/mol. The van der Waals surface area contributed by atoms with Crippen molar-refractivity contribution in [2.24, 2.45) is 5.73 Å². The van der Waals surface area contributed by atoms with Gasteiger partial charge in [-0.3, -0.25) is 4.98 Å². The van der Waals surface area contributed by atoms with Gasteiger partial charge in [-0.25, -0.2) is 0 Å². The maximum absolute atomic E-state index is 6.15. The van der Waals surface area contributed by atoms with Gasteiger partial charge in [-0.1, -0.05) is 17.7 Å². The third-order valence-corrected chi connectivity index (χ3v) is 3.24. The highest BCUT2D eigenvalue weighted by molar-refractivity contribution is 6.32. The second kappa shape index (κ2) is 5.59. The predicted octanol–water partition coefficient (Wildman–Crippen LogP) is 3.91. The summed E-state index contributed by atoms with van der Waals surface area (Å²) in [5, 5.41) is 0.584. The van der Waals surface area contributed by atoms with E-state index in [0.717, 1.165) is 28.3 Å². The van der Waals surface area contributed by atoms with Crippen molar-refractivity contribution in [1.82, 2.24) is 4.98 Å². The molecule has 3 nitrogen and oxygen atoms in total. The molecular formula is C15H17ClN2O. The summed E-state index contributed by atoms with van der Waals surface area (Å²) in [6, 6.07) is 7.57. The van der Waals surface area contributed by atoms with Crippen LogP contribution in [0, 0.1) is 20.8 Å². The summed E-state index contributed by atoms with van der Waals surface area (Å²) in [5.74, 6) is 1.36. The minimum atomic E-state index is 0.387. The number of aromatic nitrogens is 1. The highest BCUT2D eigenvalue weighted by Crippen LogP contribution is 2.33. The Morgan fingerprint density at radius 1 is 1.16 bits per heavy atom. The molecule has 2 aromatic rings. The fourth-order valence-electron chi connectivity index (χ4n) is 1.97. The molecule has 100 valence electrons. The molecular weight excluding hydrogens is 260 g/mol. The van der Waals surface area contributed by atoms with E-state index in [9.17, 15) is 0 Å². The molecule has 0 radical (unpaired) electrons. The fraction of sp³-hybridized carbons (Fsp3) is 0.267. The van der Waals surface area contributed by atoms with Crippen LogP contribution in [0.2, 0.25) is 5.02 Å². The van der Waals surface area contributed by atoms with E-state index in [1.54, 1.807) is 0 Å². The Hall–Kier alpha value is -1.58. The van der Waals surface area contributed by atoms with Crippen LogP contribution in [-0.4, -0.2) is 4.98 Å². The monoisotopic (exact) mass is 276 g/mol. The van der Waals surface area contributed by atoms with Gasteiger partial charge in [0.2, 0.25) is 0 Å². The van der Waals surface area contributed by atoms with Crippen LogP contribution < -0.4 is 10.5 Å². The zero-order chi connectivity index (χ0) is 14.0. The van der Waals surface area contributed by atoms with E-state index in [1.165, 1.54) is 0 Å². The van der Waals surface area contributed by atoms with Crippen molar-refractivity contribution < 1.29 is 4.74 Å². The van der Waals surface area contributed by atoms with Gasteiger partial charge < -0.3 is 10.5 Å². The molecule has 1 aromatic heterocycles. The lowest BCUT2D eigenvalue weighted by Crippen LogP contribution is -2.05. The van der Waals surface area contributed by atoms with Crippen molar-refractivity contribution in [3.05, 3.63) is 51.8 Å². The molecule has 0 saturated carbocycles. The summed E-state index contributed by atoms with van der Waals surface area (Å²) in [4.78, 5) is 4.39. The molecule has 0 aliphatic heterocycles. The topological polar surface area (TPSA) is 48.1 Å². The molecule has 0 unspecified atom stereocenters. The number of aryl methyl sites for hydroxylation is 3. The van der Waals surface area contributed by atoms with Gasteiger partial charge in [0.25, 0.3) is 0 Å². The highest BCUT2D eigenvalue weighted by Gasteiger charge is 2.11. The van der Waals surface area contributed by atoms with Gasteiger partial charge >= 0.3 is 0 Å². The van der Waals surface area contributed by atoms with Crippen LogP contribution in [-0.2, 0) is 6.54 Å². The van der Waals surface area contributed by atoms with E-state index in [-0.39, 0.29) is 0 Å². The number of hydrogen-bond acceptors (Lipinski definition) is 3. The first-order chi connectivity index (χ1) is 9.01. The first-order valence-corrected chi connectivity index (χ1v) is 6.50.